The standard InChI is InChI=1S/C22H26N4O2/c1-22(2,3)20(27)17-12-23-21-19(17)25-18(13-24-21)14-9-15(11-16(10-14)28-4)26-7-5-6-8-26/h9-13H,5-8H2,1-4H3,(H,23,24). The van der Waals surface area contributed by atoms with Crippen LogP contribution in [0, 0.1) is 5.41 Å². The smallest absolute Gasteiger partial charge is 0.171 e. The molecule has 4 rings (SSSR count). The summed E-state index contributed by atoms with van der Waals surface area (Å²) < 4.78 is 5.52. The van der Waals surface area contributed by atoms with E-state index in [1.165, 1.54) is 12.8 Å². The van der Waals surface area contributed by atoms with Crippen LogP contribution >= 0.6 is 0 Å². The van der Waals surface area contributed by atoms with Crippen molar-refractivity contribution in [3.05, 3.63) is 36.2 Å². The number of nitrogens with one attached hydrogen (secondary N) is 1. The number of carbonyl (C=O) groups is 1. The molecule has 0 radical (unpaired) electrons. The van der Waals surface area contributed by atoms with Crippen molar-refractivity contribution in [3.63, 3.8) is 0 Å². The van der Waals surface area contributed by atoms with Crippen molar-refractivity contribution in [2.45, 2.75) is 33.6 Å². The molecule has 1 aliphatic heterocycles. The summed E-state index contributed by atoms with van der Waals surface area (Å²) in [7, 11) is 1.67. The molecule has 0 bridgehead atoms. The molecule has 1 aliphatic rings. The number of hydrogen-bond donors (Lipinski definition) is 1. The number of hydrogen-bond acceptors (Lipinski definition) is 5. The fraction of sp³-hybridized carbons (Fsp3) is 0.409. The first kappa shape index (κ1) is 18.5. The highest BCUT2D eigenvalue weighted by Gasteiger charge is 2.26. The van der Waals surface area contributed by atoms with Crippen LogP contribution in [0.4, 0.5) is 5.69 Å². The Morgan fingerprint density at radius 2 is 1.93 bits per heavy atom. The summed E-state index contributed by atoms with van der Waals surface area (Å²) >= 11 is 0. The highest BCUT2D eigenvalue weighted by molar-refractivity contribution is 6.08. The molecule has 3 heterocycles. The zero-order chi connectivity index (χ0) is 19.9. The average Bonchev–Trinajstić information content (AvgIpc) is 3.35. The quantitative estimate of drug-likeness (QED) is 0.679. The molecular weight excluding hydrogens is 352 g/mol. The first-order valence-electron chi connectivity index (χ1n) is 9.70. The summed E-state index contributed by atoms with van der Waals surface area (Å²) in [5.74, 6) is 0.843. The number of ketones is 1. The van der Waals surface area contributed by atoms with Crippen molar-refractivity contribution < 1.29 is 9.53 Å². The third kappa shape index (κ3) is 3.35. The molecule has 146 valence electrons. The molecule has 6 nitrogen and oxygen atoms in total. The van der Waals surface area contributed by atoms with Crippen molar-refractivity contribution in [2.24, 2.45) is 5.41 Å². The number of fused-ring (bicyclic) bond motifs is 1. The maximum Gasteiger partial charge on any atom is 0.171 e. The second kappa shape index (κ2) is 6.93. The second-order valence-electron chi connectivity index (χ2n) is 8.35. The monoisotopic (exact) mass is 378 g/mol. The number of aromatic amines is 1. The van der Waals surface area contributed by atoms with E-state index in [-0.39, 0.29) is 5.78 Å². The number of Topliss-reactive ketones (excluding diaryl/α,β-unsaturated/α-hetero) is 1. The molecule has 0 spiro atoms. The maximum atomic E-state index is 12.8. The van der Waals surface area contributed by atoms with Crippen molar-refractivity contribution >= 4 is 22.6 Å². The van der Waals surface area contributed by atoms with Gasteiger partial charge in [0.25, 0.3) is 0 Å². The Balaban J connectivity index is 1.80. The van der Waals surface area contributed by atoms with Crippen LogP contribution in [0.2, 0.25) is 0 Å². The molecule has 0 amide bonds. The Labute approximate surface area is 164 Å². The van der Waals surface area contributed by atoms with Gasteiger partial charge in [-0.3, -0.25) is 4.79 Å². The minimum absolute atomic E-state index is 0.0496. The van der Waals surface area contributed by atoms with Gasteiger partial charge in [-0.25, -0.2) is 9.97 Å². The van der Waals surface area contributed by atoms with Crippen LogP contribution in [0.3, 0.4) is 0 Å². The number of anilines is 1. The molecular formula is C22H26N4O2. The number of ether oxygens (including phenoxy) is 1. The predicted molar refractivity (Wildman–Crippen MR) is 111 cm³/mol. The average molecular weight is 378 g/mol. The summed E-state index contributed by atoms with van der Waals surface area (Å²) in [6.45, 7) is 7.85. The van der Waals surface area contributed by atoms with Gasteiger partial charge in [-0.05, 0) is 25.0 Å². The van der Waals surface area contributed by atoms with Crippen LogP contribution < -0.4 is 9.64 Å². The van der Waals surface area contributed by atoms with Gasteiger partial charge in [0.15, 0.2) is 11.4 Å². The predicted octanol–water partition coefficient (Wildman–Crippen LogP) is 4.46. The number of benzene rings is 1. The first-order chi connectivity index (χ1) is 13.4. The van der Waals surface area contributed by atoms with Gasteiger partial charge >= 0.3 is 0 Å². The van der Waals surface area contributed by atoms with Gasteiger partial charge in [0.05, 0.1) is 24.6 Å². The maximum absolute atomic E-state index is 12.8. The molecule has 0 atom stereocenters. The lowest BCUT2D eigenvalue weighted by Crippen LogP contribution is -2.20. The highest BCUT2D eigenvalue weighted by Crippen LogP contribution is 2.32. The number of rotatable bonds is 4. The number of aromatic nitrogens is 3. The number of methoxy groups -OCH3 is 1. The lowest BCUT2D eigenvalue weighted by molar-refractivity contribution is 0.0860. The van der Waals surface area contributed by atoms with Gasteiger partial charge in [0, 0.05) is 42.0 Å². The lowest BCUT2D eigenvalue weighted by Gasteiger charge is -2.19. The molecule has 1 saturated heterocycles. The Morgan fingerprint density at radius 3 is 2.61 bits per heavy atom. The topological polar surface area (TPSA) is 71.1 Å². The molecule has 0 aliphatic carbocycles. The van der Waals surface area contributed by atoms with E-state index < -0.39 is 5.41 Å². The third-order valence-electron chi connectivity index (χ3n) is 5.20. The summed E-state index contributed by atoms with van der Waals surface area (Å²) in [4.78, 5) is 27.5. The number of carbonyl (C=O) groups excluding carboxylic acids is 1. The van der Waals surface area contributed by atoms with Gasteiger partial charge in [-0.2, -0.15) is 0 Å². The lowest BCUT2D eigenvalue weighted by atomic mass is 9.87. The second-order valence-corrected chi connectivity index (χ2v) is 8.35. The number of H-pyrrole nitrogens is 1. The SMILES string of the molecule is COc1cc(-c2cnc3[nH]cc(C(=O)C(C)(C)C)c3n2)cc(N2CCCC2)c1. The molecule has 6 heteroatoms. The highest BCUT2D eigenvalue weighted by atomic mass is 16.5. The van der Waals surface area contributed by atoms with E-state index in [0.29, 0.717) is 16.7 Å². The summed E-state index contributed by atoms with van der Waals surface area (Å²) in [6.07, 6.45) is 5.87. The van der Waals surface area contributed by atoms with Crippen molar-refractivity contribution in [2.75, 3.05) is 25.1 Å². The summed E-state index contributed by atoms with van der Waals surface area (Å²) in [6, 6.07) is 6.15. The van der Waals surface area contributed by atoms with Crippen LogP contribution in [0.1, 0.15) is 44.0 Å². The Hall–Kier alpha value is -2.89. The van der Waals surface area contributed by atoms with Gasteiger partial charge in [0.1, 0.15) is 11.3 Å². The van der Waals surface area contributed by atoms with Crippen LogP contribution in [0.25, 0.3) is 22.4 Å². The third-order valence-corrected chi connectivity index (χ3v) is 5.20. The van der Waals surface area contributed by atoms with Crippen molar-refractivity contribution in [3.8, 4) is 17.0 Å². The fourth-order valence-electron chi connectivity index (χ4n) is 3.61. The van der Waals surface area contributed by atoms with Gasteiger partial charge in [-0.1, -0.05) is 20.8 Å². The fourth-order valence-corrected chi connectivity index (χ4v) is 3.61. The van der Waals surface area contributed by atoms with E-state index in [1.807, 2.05) is 26.8 Å². The molecule has 2 aromatic heterocycles. The normalized spacial score (nSPS) is 14.6. The molecule has 1 N–H and O–H groups in total. The van der Waals surface area contributed by atoms with E-state index in [1.54, 1.807) is 19.5 Å². The van der Waals surface area contributed by atoms with Crippen LogP contribution in [0.5, 0.6) is 5.75 Å². The van der Waals surface area contributed by atoms with Crippen LogP contribution in [-0.2, 0) is 0 Å². The van der Waals surface area contributed by atoms with E-state index in [0.717, 1.165) is 35.8 Å². The van der Waals surface area contributed by atoms with Crippen molar-refractivity contribution in [1.82, 2.24) is 15.0 Å². The van der Waals surface area contributed by atoms with E-state index in [4.69, 9.17) is 9.72 Å². The summed E-state index contributed by atoms with van der Waals surface area (Å²) in [5.41, 5.74) is 4.14. The van der Waals surface area contributed by atoms with E-state index >= 15 is 0 Å². The molecule has 28 heavy (non-hydrogen) atoms. The molecule has 0 unspecified atom stereocenters. The largest absolute Gasteiger partial charge is 0.497 e. The molecule has 1 aromatic carbocycles. The van der Waals surface area contributed by atoms with Gasteiger partial charge < -0.3 is 14.6 Å². The summed E-state index contributed by atoms with van der Waals surface area (Å²) in [5, 5.41) is 0. The van der Waals surface area contributed by atoms with Crippen molar-refractivity contribution in [1.29, 1.82) is 0 Å². The Bertz CT molecular complexity index is 1030. The minimum atomic E-state index is -0.480. The minimum Gasteiger partial charge on any atom is -0.497 e. The molecule has 0 saturated carbocycles. The van der Waals surface area contributed by atoms with E-state index in [2.05, 4.69) is 27.0 Å². The van der Waals surface area contributed by atoms with Gasteiger partial charge in [0.2, 0.25) is 0 Å². The Kier molecular flexibility index (Phi) is 4.57. The first-order valence-corrected chi connectivity index (χ1v) is 9.70. The van der Waals surface area contributed by atoms with E-state index in [9.17, 15) is 4.79 Å². The van der Waals surface area contributed by atoms with Crippen LogP contribution in [0.15, 0.2) is 30.6 Å². The molecule has 3 aromatic rings. The Morgan fingerprint density at radius 1 is 1.18 bits per heavy atom. The number of nitrogens with zero attached hydrogens (tertiary/aromatic N) is 3. The van der Waals surface area contributed by atoms with Gasteiger partial charge in [-0.15, -0.1) is 0 Å². The zero-order valence-electron chi connectivity index (χ0n) is 16.9. The van der Waals surface area contributed by atoms with Crippen LogP contribution in [-0.4, -0.2) is 40.9 Å². The zero-order valence-corrected chi connectivity index (χ0v) is 16.9. The molecule has 1 fully saturated rings.